The largest absolute Gasteiger partial charge is 0.496 e. The fourth-order valence-corrected chi connectivity index (χ4v) is 3.94. The predicted molar refractivity (Wildman–Crippen MR) is 118 cm³/mol. The van der Waals surface area contributed by atoms with Gasteiger partial charge in [-0.05, 0) is 36.6 Å². The third kappa shape index (κ3) is 5.03. The highest BCUT2D eigenvalue weighted by Crippen LogP contribution is 2.38. The van der Waals surface area contributed by atoms with Crippen molar-refractivity contribution in [1.82, 2.24) is 5.32 Å². The number of methoxy groups -OCH3 is 2. The van der Waals surface area contributed by atoms with Crippen molar-refractivity contribution in [3.63, 3.8) is 0 Å². The van der Waals surface area contributed by atoms with Gasteiger partial charge in [0.15, 0.2) is 0 Å². The van der Waals surface area contributed by atoms with Crippen LogP contribution < -0.4 is 14.8 Å². The molecule has 2 aromatic carbocycles. The molecule has 3 rings (SSSR count). The van der Waals surface area contributed by atoms with E-state index in [4.69, 9.17) is 14.2 Å². The van der Waals surface area contributed by atoms with Crippen LogP contribution >= 0.6 is 0 Å². The van der Waals surface area contributed by atoms with Crippen LogP contribution in [0.2, 0.25) is 0 Å². The van der Waals surface area contributed by atoms with Gasteiger partial charge >= 0.3 is 5.97 Å². The van der Waals surface area contributed by atoms with Crippen LogP contribution in [-0.4, -0.2) is 61.2 Å². The summed E-state index contributed by atoms with van der Waals surface area (Å²) in [5, 5.41) is 21.5. The number of carbonyl (C=O) groups is 2. The summed E-state index contributed by atoms with van der Waals surface area (Å²) in [6.45, 7) is 1.81. The van der Waals surface area contributed by atoms with Crippen LogP contribution in [-0.2, 0) is 20.7 Å². The molecule has 3 atom stereocenters. The van der Waals surface area contributed by atoms with E-state index >= 15 is 0 Å². The van der Waals surface area contributed by atoms with E-state index in [9.17, 15) is 19.8 Å². The summed E-state index contributed by atoms with van der Waals surface area (Å²) in [7, 11) is 3.17. The molecule has 32 heavy (non-hydrogen) atoms. The lowest BCUT2D eigenvalue weighted by Gasteiger charge is -2.25. The lowest BCUT2D eigenvalue weighted by Crippen LogP contribution is -2.51. The molecule has 1 aliphatic rings. The molecule has 0 saturated carbocycles. The number of benzene rings is 2. The quantitative estimate of drug-likeness (QED) is 0.545. The highest BCUT2D eigenvalue weighted by atomic mass is 16.5. The predicted octanol–water partition coefficient (Wildman–Crippen LogP) is 2.27. The molecule has 1 heterocycles. The molecule has 172 valence electrons. The molecule has 2 aromatic rings. The number of rotatable bonds is 9. The number of aliphatic hydroxyl groups is 1. The van der Waals surface area contributed by atoms with Crippen molar-refractivity contribution in [3.8, 4) is 22.6 Å². The highest BCUT2D eigenvalue weighted by molar-refractivity contribution is 5.89. The van der Waals surface area contributed by atoms with Gasteiger partial charge in [0.2, 0.25) is 0 Å². The Balaban J connectivity index is 1.75. The molecule has 0 spiro atoms. The maximum absolute atomic E-state index is 12.7. The number of carbonyl (C=O) groups excluding carboxylic acids is 1. The van der Waals surface area contributed by atoms with Gasteiger partial charge in [0.05, 0.1) is 26.4 Å². The summed E-state index contributed by atoms with van der Waals surface area (Å²) in [4.78, 5) is 24.5. The zero-order chi connectivity index (χ0) is 23.3. The average molecular weight is 443 g/mol. The summed E-state index contributed by atoms with van der Waals surface area (Å²) in [5.74, 6) is -0.420. The first-order valence-electron chi connectivity index (χ1n) is 10.4. The third-order valence-electron chi connectivity index (χ3n) is 5.77. The second kappa shape index (κ2) is 10.0. The van der Waals surface area contributed by atoms with Crippen LogP contribution in [0.4, 0.5) is 0 Å². The van der Waals surface area contributed by atoms with Crippen molar-refractivity contribution in [2.75, 3.05) is 27.4 Å². The van der Waals surface area contributed by atoms with Crippen molar-refractivity contribution >= 4 is 11.9 Å². The van der Waals surface area contributed by atoms with E-state index in [1.54, 1.807) is 21.1 Å². The molecule has 8 nitrogen and oxygen atoms in total. The Morgan fingerprint density at radius 2 is 1.78 bits per heavy atom. The van der Waals surface area contributed by atoms with Gasteiger partial charge in [-0.25, -0.2) is 4.79 Å². The number of carboxylic acid groups (broad SMARTS) is 1. The Bertz CT molecular complexity index is 937. The number of ether oxygens (including phenoxy) is 3. The minimum Gasteiger partial charge on any atom is -0.496 e. The van der Waals surface area contributed by atoms with Crippen molar-refractivity contribution in [2.24, 2.45) is 5.92 Å². The molecule has 1 saturated heterocycles. The molecule has 0 aromatic heterocycles. The topological polar surface area (TPSA) is 114 Å². The number of aliphatic carboxylic acids is 1. The summed E-state index contributed by atoms with van der Waals surface area (Å²) in [5.41, 5.74) is 1.27. The maximum atomic E-state index is 12.7. The van der Waals surface area contributed by atoms with Gasteiger partial charge in [-0.2, -0.15) is 0 Å². The van der Waals surface area contributed by atoms with Crippen LogP contribution in [0, 0.1) is 5.92 Å². The van der Waals surface area contributed by atoms with Crippen molar-refractivity contribution in [3.05, 3.63) is 48.0 Å². The van der Waals surface area contributed by atoms with Gasteiger partial charge in [0, 0.05) is 18.9 Å². The standard InChI is InChI=1S/C24H29NO7/c1-24(12-16(13-26)14-32-24)23(29)25-18(22(27)28)11-15-7-9-17(10-8-15)21-19(30-2)5-4-6-20(21)31-3/h4-10,16,18,26H,11-14H2,1-3H3,(H,25,29)(H,27,28)/t16?,18-,24?/m0/s1. The minimum atomic E-state index is -1.15. The second-order valence-corrected chi connectivity index (χ2v) is 8.10. The van der Waals surface area contributed by atoms with E-state index in [0.29, 0.717) is 17.9 Å². The summed E-state index contributed by atoms with van der Waals surface area (Å²) < 4.78 is 16.5. The fraction of sp³-hybridized carbons (Fsp3) is 0.417. The summed E-state index contributed by atoms with van der Waals surface area (Å²) >= 11 is 0. The number of aliphatic hydroxyl groups excluding tert-OH is 1. The molecular formula is C24H29NO7. The Morgan fingerprint density at radius 3 is 2.28 bits per heavy atom. The van der Waals surface area contributed by atoms with Gasteiger partial charge in [-0.1, -0.05) is 30.3 Å². The molecule has 1 fully saturated rings. The number of nitrogens with one attached hydrogen (secondary N) is 1. The van der Waals surface area contributed by atoms with E-state index in [1.165, 1.54) is 0 Å². The zero-order valence-corrected chi connectivity index (χ0v) is 18.5. The molecule has 0 bridgehead atoms. The van der Waals surface area contributed by atoms with E-state index in [-0.39, 0.29) is 25.6 Å². The van der Waals surface area contributed by atoms with Crippen molar-refractivity contribution < 1.29 is 34.0 Å². The Kier molecular flexibility index (Phi) is 7.37. The zero-order valence-electron chi connectivity index (χ0n) is 18.5. The monoisotopic (exact) mass is 443 g/mol. The first-order valence-corrected chi connectivity index (χ1v) is 10.4. The van der Waals surface area contributed by atoms with E-state index in [0.717, 1.165) is 16.7 Å². The van der Waals surface area contributed by atoms with Gasteiger partial charge in [0.1, 0.15) is 23.1 Å². The van der Waals surface area contributed by atoms with Crippen LogP contribution in [0.15, 0.2) is 42.5 Å². The molecule has 1 amide bonds. The van der Waals surface area contributed by atoms with Gasteiger partial charge in [-0.15, -0.1) is 0 Å². The van der Waals surface area contributed by atoms with E-state index in [2.05, 4.69) is 5.32 Å². The number of carboxylic acids is 1. The molecule has 1 aliphatic heterocycles. The number of hydrogen-bond acceptors (Lipinski definition) is 6. The highest BCUT2D eigenvalue weighted by Gasteiger charge is 2.43. The first-order chi connectivity index (χ1) is 15.3. The average Bonchev–Trinajstić information content (AvgIpc) is 3.21. The number of amides is 1. The minimum absolute atomic E-state index is 0.0748. The smallest absolute Gasteiger partial charge is 0.326 e. The lowest BCUT2D eigenvalue weighted by molar-refractivity contribution is -0.147. The molecule has 3 N–H and O–H groups in total. The Hall–Kier alpha value is -3.10. The lowest BCUT2D eigenvalue weighted by atomic mass is 9.94. The van der Waals surface area contributed by atoms with E-state index in [1.807, 2.05) is 42.5 Å². The number of hydrogen-bond donors (Lipinski definition) is 3. The van der Waals surface area contributed by atoms with Crippen molar-refractivity contribution in [1.29, 1.82) is 0 Å². The normalized spacial score (nSPS) is 21.1. The van der Waals surface area contributed by atoms with Crippen molar-refractivity contribution in [2.45, 2.75) is 31.4 Å². The van der Waals surface area contributed by atoms with Gasteiger partial charge in [0.25, 0.3) is 5.91 Å². The van der Waals surface area contributed by atoms with Crippen LogP contribution in [0.5, 0.6) is 11.5 Å². The summed E-state index contributed by atoms with van der Waals surface area (Å²) in [6.07, 6.45) is 0.459. The summed E-state index contributed by atoms with van der Waals surface area (Å²) in [6, 6.07) is 11.8. The molecule has 2 unspecified atom stereocenters. The molecule has 0 radical (unpaired) electrons. The first kappa shape index (κ1) is 23.6. The maximum Gasteiger partial charge on any atom is 0.326 e. The van der Waals surface area contributed by atoms with Gasteiger partial charge in [-0.3, -0.25) is 4.79 Å². The Morgan fingerprint density at radius 1 is 1.16 bits per heavy atom. The third-order valence-corrected chi connectivity index (χ3v) is 5.77. The SMILES string of the molecule is COc1cccc(OC)c1-c1ccc(C[C@H](NC(=O)C2(C)CC(CO)CO2)C(=O)O)cc1. The molecule has 0 aliphatic carbocycles. The second-order valence-electron chi connectivity index (χ2n) is 8.10. The van der Waals surface area contributed by atoms with Gasteiger partial charge < -0.3 is 29.7 Å². The Labute approximate surface area is 187 Å². The molecular weight excluding hydrogens is 414 g/mol. The van der Waals surface area contributed by atoms with Crippen LogP contribution in [0.1, 0.15) is 18.9 Å². The van der Waals surface area contributed by atoms with Crippen LogP contribution in [0.3, 0.4) is 0 Å². The van der Waals surface area contributed by atoms with Crippen LogP contribution in [0.25, 0.3) is 11.1 Å². The van der Waals surface area contributed by atoms with E-state index < -0.39 is 23.5 Å². The fourth-order valence-electron chi connectivity index (χ4n) is 3.94. The molecule has 8 heteroatoms.